The third kappa shape index (κ3) is 1.91. The number of rotatable bonds is 2. The van der Waals surface area contributed by atoms with E-state index < -0.39 is 12.0 Å². The Morgan fingerprint density at radius 1 is 1.54 bits per heavy atom. The average Bonchev–Trinajstić information content (AvgIpc) is 2.03. The van der Waals surface area contributed by atoms with Crippen LogP contribution >= 0.6 is 11.6 Å². The van der Waals surface area contributed by atoms with E-state index in [9.17, 15) is 9.90 Å². The fourth-order valence-electron chi connectivity index (χ4n) is 0.957. The van der Waals surface area contributed by atoms with E-state index in [4.69, 9.17) is 22.4 Å². The van der Waals surface area contributed by atoms with Gasteiger partial charge in [0, 0.05) is 10.6 Å². The maximum Gasteiger partial charge on any atom is 0.325 e. The molecule has 0 radical (unpaired) electrons. The van der Waals surface area contributed by atoms with Crippen LogP contribution in [0.3, 0.4) is 0 Å². The van der Waals surface area contributed by atoms with Crippen LogP contribution in [0.4, 0.5) is 0 Å². The van der Waals surface area contributed by atoms with Crippen molar-refractivity contribution in [2.45, 2.75) is 6.04 Å². The highest BCUT2D eigenvalue weighted by molar-refractivity contribution is 6.31. The molecule has 1 aromatic rings. The maximum atomic E-state index is 10.5. The Balaban J connectivity index is 3.20. The van der Waals surface area contributed by atoms with Crippen LogP contribution in [0.15, 0.2) is 18.2 Å². The molecule has 1 rings (SSSR count). The molecule has 0 amide bonds. The van der Waals surface area contributed by atoms with Gasteiger partial charge in [-0.1, -0.05) is 17.7 Å². The molecule has 70 valence electrons. The van der Waals surface area contributed by atoms with Gasteiger partial charge in [0.1, 0.15) is 11.8 Å². The molecular weight excluding hydrogens is 194 g/mol. The van der Waals surface area contributed by atoms with E-state index >= 15 is 0 Å². The van der Waals surface area contributed by atoms with Gasteiger partial charge in [-0.15, -0.1) is 0 Å². The SMILES string of the molecule is N[C@@H](C(=O)O)c1c(O)cccc1Cl. The molecule has 1 aromatic carbocycles. The molecule has 0 saturated heterocycles. The largest absolute Gasteiger partial charge is 0.508 e. The molecule has 0 bridgehead atoms. The molecule has 1 atom stereocenters. The number of hydrogen-bond donors (Lipinski definition) is 3. The van der Waals surface area contributed by atoms with Gasteiger partial charge in [-0.3, -0.25) is 4.79 Å². The van der Waals surface area contributed by atoms with Crippen molar-refractivity contribution in [1.82, 2.24) is 0 Å². The first-order valence-electron chi connectivity index (χ1n) is 3.50. The minimum absolute atomic E-state index is 0.0386. The summed E-state index contributed by atoms with van der Waals surface area (Å²) in [5, 5.41) is 18.0. The van der Waals surface area contributed by atoms with Crippen LogP contribution in [0.1, 0.15) is 11.6 Å². The summed E-state index contributed by atoms with van der Waals surface area (Å²) in [7, 11) is 0. The zero-order chi connectivity index (χ0) is 10.0. The smallest absolute Gasteiger partial charge is 0.325 e. The average molecular weight is 202 g/mol. The number of phenols is 1. The molecule has 0 fully saturated rings. The van der Waals surface area contributed by atoms with E-state index in [0.29, 0.717) is 0 Å². The van der Waals surface area contributed by atoms with Crippen LogP contribution in [-0.2, 0) is 4.79 Å². The normalized spacial score (nSPS) is 12.5. The van der Waals surface area contributed by atoms with Gasteiger partial charge >= 0.3 is 5.97 Å². The zero-order valence-electron chi connectivity index (χ0n) is 6.57. The maximum absolute atomic E-state index is 10.5. The lowest BCUT2D eigenvalue weighted by atomic mass is 10.1. The summed E-state index contributed by atoms with van der Waals surface area (Å²) in [5.74, 6) is -1.44. The van der Waals surface area contributed by atoms with E-state index in [1.165, 1.54) is 18.2 Å². The number of carbonyl (C=O) groups is 1. The minimum atomic E-state index is -1.30. The molecule has 0 saturated carbocycles. The molecule has 0 aliphatic heterocycles. The monoisotopic (exact) mass is 201 g/mol. The van der Waals surface area contributed by atoms with Crippen LogP contribution in [0, 0.1) is 0 Å². The van der Waals surface area contributed by atoms with Crippen LogP contribution in [0.5, 0.6) is 5.75 Å². The second-order valence-corrected chi connectivity index (χ2v) is 2.90. The highest BCUT2D eigenvalue weighted by Gasteiger charge is 2.20. The summed E-state index contributed by atoms with van der Waals surface area (Å²) in [6.07, 6.45) is 0. The number of aromatic hydroxyl groups is 1. The first-order chi connectivity index (χ1) is 6.04. The summed E-state index contributed by atoms with van der Waals surface area (Å²) < 4.78 is 0. The summed E-state index contributed by atoms with van der Waals surface area (Å²) >= 11 is 5.67. The van der Waals surface area contributed by atoms with E-state index in [1.54, 1.807) is 0 Å². The molecule has 0 heterocycles. The Labute approximate surface area is 79.6 Å². The Kier molecular flexibility index (Phi) is 2.75. The summed E-state index contributed by atoms with van der Waals surface area (Å²) in [5.41, 5.74) is 5.33. The van der Waals surface area contributed by atoms with Crippen molar-refractivity contribution in [1.29, 1.82) is 0 Å². The van der Waals surface area contributed by atoms with Crippen molar-refractivity contribution in [3.05, 3.63) is 28.8 Å². The first-order valence-corrected chi connectivity index (χ1v) is 3.87. The van der Waals surface area contributed by atoms with Gasteiger partial charge in [0.15, 0.2) is 0 Å². The molecule has 4 N–H and O–H groups in total. The van der Waals surface area contributed by atoms with Gasteiger partial charge in [-0.2, -0.15) is 0 Å². The van der Waals surface area contributed by atoms with Gasteiger partial charge in [0.05, 0.1) is 0 Å². The lowest BCUT2D eigenvalue weighted by molar-refractivity contribution is -0.138. The number of hydrogen-bond acceptors (Lipinski definition) is 3. The van der Waals surface area contributed by atoms with Gasteiger partial charge < -0.3 is 15.9 Å². The van der Waals surface area contributed by atoms with E-state index in [-0.39, 0.29) is 16.3 Å². The van der Waals surface area contributed by atoms with Gasteiger partial charge in [0.2, 0.25) is 0 Å². The molecule has 13 heavy (non-hydrogen) atoms. The number of benzene rings is 1. The molecular formula is C8H8ClNO3. The van der Waals surface area contributed by atoms with Crippen molar-refractivity contribution in [2.75, 3.05) is 0 Å². The predicted molar refractivity (Wildman–Crippen MR) is 47.7 cm³/mol. The molecule has 4 nitrogen and oxygen atoms in total. The molecule has 0 spiro atoms. The Hall–Kier alpha value is -1.26. The van der Waals surface area contributed by atoms with Crippen LogP contribution in [0.25, 0.3) is 0 Å². The van der Waals surface area contributed by atoms with Gasteiger partial charge in [-0.25, -0.2) is 0 Å². The molecule has 0 aliphatic carbocycles. The zero-order valence-corrected chi connectivity index (χ0v) is 7.32. The topological polar surface area (TPSA) is 83.6 Å². The summed E-state index contributed by atoms with van der Waals surface area (Å²) in [4.78, 5) is 10.5. The fraction of sp³-hybridized carbons (Fsp3) is 0.125. The van der Waals surface area contributed by atoms with E-state index in [0.717, 1.165) is 0 Å². The van der Waals surface area contributed by atoms with Crippen LogP contribution in [-0.4, -0.2) is 16.2 Å². The highest BCUT2D eigenvalue weighted by atomic mass is 35.5. The molecule has 0 unspecified atom stereocenters. The Bertz CT molecular complexity index is 320. The number of carboxylic acids is 1. The Morgan fingerprint density at radius 3 is 2.62 bits per heavy atom. The van der Waals surface area contributed by atoms with Crippen molar-refractivity contribution in [3.63, 3.8) is 0 Å². The van der Waals surface area contributed by atoms with Crippen molar-refractivity contribution >= 4 is 17.6 Å². The molecule has 5 heteroatoms. The lowest BCUT2D eigenvalue weighted by Gasteiger charge is -2.10. The number of aliphatic carboxylic acids is 1. The number of carboxylic acid groups (broad SMARTS) is 1. The minimum Gasteiger partial charge on any atom is -0.508 e. The first kappa shape index (κ1) is 9.83. The highest BCUT2D eigenvalue weighted by Crippen LogP contribution is 2.29. The van der Waals surface area contributed by atoms with E-state index in [2.05, 4.69) is 0 Å². The van der Waals surface area contributed by atoms with Crippen LogP contribution < -0.4 is 5.73 Å². The van der Waals surface area contributed by atoms with Crippen LogP contribution in [0.2, 0.25) is 5.02 Å². The second-order valence-electron chi connectivity index (χ2n) is 2.49. The number of phenolic OH excluding ortho intramolecular Hbond substituents is 1. The lowest BCUT2D eigenvalue weighted by Crippen LogP contribution is -2.21. The number of nitrogens with two attached hydrogens (primary N) is 1. The van der Waals surface area contributed by atoms with Crippen molar-refractivity contribution < 1.29 is 15.0 Å². The summed E-state index contributed by atoms with van der Waals surface area (Å²) in [6, 6.07) is 3.02. The standard InChI is InChI=1S/C8H8ClNO3/c9-4-2-1-3-5(11)6(4)7(10)8(12)13/h1-3,7,11H,10H2,(H,12,13)/t7-/m1/s1. The van der Waals surface area contributed by atoms with Crippen molar-refractivity contribution in [2.24, 2.45) is 5.73 Å². The predicted octanol–water partition coefficient (Wildman–Crippen LogP) is 1.13. The Morgan fingerprint density at radius 2 is 2.15 bits per heavy atom. The second kappa shape index (κ2) is 3.64. The molecule has 0 aliphatic rings. The van der Waals surface area contributed by atoms with E-state index in [1.807, 2.05) is 0 Å². The third-order valence-corrected chi connectivity index (χ3v) is 1.94. The van der Waals surface area contributed by atoms with Gasteiger partial charge in [-0.05, 0) is 12.1 Å². The summed E-state index contributed by atoms with van der Waals surface area (Å²) in [6.45, 7) is 0. The fourth-order valence-corrected chi connectivity index (χ4v) is 1.24. The quantitative estimate of drug-likeness (QED) is 0.670. The molecule has 0 aromatic heterocycles. The van der Waals surface area contributed by atoms with Crippen molar-refractivity contribution in [3.8, 4) is 5.75 Å². The van der Waals surface area contributed by atoms with Gasteiger partial charge in [0.25, 0.3) is 0 Å². The number of halogens is 1. The third-order valence-electron chi connectivity index (χ3n) is 1.61.